The molecule has 0 aliphatic heterocycles. The van der Waals surface area contributed by atoms with Crippen LogP contribution in [0.15, 0.2) is 18.2 Å². The number of benzene rings is 1. The standard InChI is InChI=1S/C13H15Cl2N5O/c1-2-21-13-19-11(16)18-12(20-13)17-6-5-8-3-4-9(14)7-10(8)15/h3-4,7H,2,5-6H2,1H3,(H3,16,17,18,19,20). The van der Waals surface area contributed by atoms with Gasteiger partial charge in [0, 0.05) is 16.6 Å². The van der Waals surface area contributed by atoms with Gasteiger partial charge in [0.15, 0.2) is 0 Å². The first-order valence-corrected chi connectivity index (χ1v) is 7.16. The van der Waals surface area contributed by atoms with Crippen molar-refractivity contribution < 1.29 is 4.74 Å². The van der Waals surface area contributed by atoms with E-state index in [1.54, 1.807) is 12.1 Å². The highest BCUT2D eigenvalue weighted by atomic mass is 35.5. The number of rotatable bonds is 6. The molecule has 0 spiro atoms. The molecule has 21 heavy (non-hydrogen) atoms. The summed E-state index contributed by atoms with van der Waals surface area (Å²) in [5.74, 6) is 0.483. The third-order valence-corrected chi connectivity index (χ3v) is 3.19. The Hall–Kier alpha value is -1.79. The number of anilines is 2. The summed E-state index contributed by atoms with van der Waals surface area (Å²) in [5, 5.41) is 4.31. The zero-order valence-electron chi connectivity index (χ0n) is 11.4. The van der Waals surface area contributed by atoms with E-state index in [0.717, 1.165) is 5.56 Å². The van der Waals surface area contributed by atoms with Gasteiger partial charge in [-0.1, -0.05) is 29.3 Å². The van der Waals surface area contributed by atoms with Gasteiger partial charge >= 0.3 is 6.01 Å². The Morgan fingerprint density at radius 1 is 1.24 bits per heavy atom. The minimum Gasteiger partial charge on any atom is -0.464 e. The van der Waals surface area contributed by atoms with Gasteiger partial charge in [-0.05, 0) is 31.0 Å². The number of nitrogens with one attached hydrogen (secondary N) is 1. The predicted octanol–water partition coefficient (Wildman–Crippen LogP) is 2.81. The van der Waals surface area contributed by atoms with Crippen LogP contribution in [0.5, 0.6) is 6.01 Å². The molecule has 1 aromatic carbocycles. The maximum atomic E-state index is 6.11. The second kappa shape index (κ2) is 7.28. The number of aromatic nitrogens is 3. The fourth-order valence-electron chi connectivity index (χ4n) is 1.68. The van der Waals surface area contributed by atoms with Crippen LogP contribution in [0.4, 0.5) is 11.9 Å². The van der Waals surface area contributed by atoms with E-state index in [1.807, 2.05) is 13.0 Å². The molecule has 0 amide bonds. The minimum atomic E-state index is 0.112. The highest BCUT2D eigenvalue weighted by molar-refractivity contribution is 6.35. The summed E-state index contributed by atoms with van der Waals surface area (Å²) in [5.41, 5.74) is 6.58. The van der Waals surface area contributed by atoms with Crippen LogP contribution in [-0.4, -0.2) is 28.1 Å². The third-order valence-electron chi connectivity index (χ3n) is 2.60. The largest absolute Gasteiger partial charge is 0.464 e. The van der Waals surface area contributed by atoms with Crippen molar-refractivity contribution in [2.24, 2.45) is 0 Å². The molecule has 2 aromatic rings. The predicted molar refractivity (Wildman–Crippen MR) is 84.1 cm³/mol. The Labute approximate surface area is 132 Å². The molecule has 0 unspecified atom stereocenters. The van der Waals surface area contributed by atoms with E-state index in [1.165, 1.54) is 0 Å². The molecule has 0 aliphatic carbocycles. The van der Waals surface area contributed by atoms with E-state index in [0.29, 0.717) is 35.6 Å². The van der Waals surface area contributed by atoms with Crippen molar-refractivity contribution in [3.63, 3.8) is 0 Å². The number of nitrogens with two attached hydrogens (primary N) is 1. The molecular formula is C13H15Cl2N5O. The molecule has 0 bridgehead atoms. The van der Waals surface area contributed by atoms with Crippen molar-refractivity contribution >= 4 is 35.1 Å². The Morgan fingerprint density at radius 2 is 2.05 bits per heavy atom. The lowest BCUT2D eigenvalue weighted by Gasteiger charge is -2.08. The van der Waals surface area contributed by atoms with Crippen molar-refractivity contribution in [1.82, 2.24) is 15.0 Å². The summed E-state index contributed by atoms with van der Waals surface area (Å²) < 4.78 is 5.21. The van der Waals surface area contributed by atoms with Crippen LogP contribution in [0.25, 0.3) is 0 Å². The third kappa shape index (κ3) is 4.61. The number of nitrogens with zero attached hydrogens (tertiary/aromatic N) is 3. The van der Waals surface area contributed by atoms with Crippen molar-refractivity contribution in [2.75, 3.05) is 24.2 Å². The van der Waals surface area contributed by atoms with Gasteiger partial charge in [-0.15, -0.1) is 0 Å². The monoisotopic (exact) mass is 327 g/mol. The first-order valence-electron chi connectivity index (χ1n) is 6.40. The van der Waals surface area contributed by atoms with Gasteiger partial charge in [0.05, 0.1) is 6.61 Å². The molecule has 0 saturated carbocycles. The highest BCUT2D eigenvalue weighted by Crippen LogP contribution is 2.21. The molecule has 6 nitrogen and oxygen atoms in total. The Kier molecular flexibility index (Phi) is 5.41. The molecule has 1 heterocycles. The van der Waals surface area contributed by atoms with Crippen LogP contribution in [0.2, 0.25) is 10.0 Å². The smallest absolute Gasteiger partial charge is 0.323 e. The molecule has 1 aromatic heterocycles. The fraction of sp³-hybridized carbons (Fsp3) is 0.308. The quantitative estimate of drug-likeness (QED) is 0.848. The van der Waals surface area contributed by atoms with E-state index < -0.39 is 0 Å². The van der Waals surface area contributed by atoms with Gasteiger partial charge < -0.3 is 15.8 Å². The summed E-state index contributed by atoms with van der Waals surface area (Å²) in [6.45, 7) is 2.90. The minimum absolute atomic E-state index is 0.112. The van der Waals surface area contributed by atoms with Gasteiger partial charge in [-0.25, -0.2) is 0 Å². The Bertz CT molecular complexity index is 624. The number of ether oxygens (including phenoxy) is 1. The molecule has 0 aliphatic rings. The molecule has 8 heteroatoms. The second-order valence-electron chi connectivity index (χ2n) is 4.15. The SMILES string of the molecule is CCOc1nc(N)nc(NCCc2ccc(Cl)cc2Cl)n1. The van der Waals surface area contributed by atoms with Gasteiger partial charge in [0.25, 0.3) is 0 Å². The molecule has 0 fully saturated rings. The zero-order valence-corrected chi connectivity index (χ0v) is 12.9. The number of hydrogen-bond donors (Lipinski definition) is 2. The maximum absolute atomic E-state index is 6.11. The molecule has 112 valence electrons. The van der Waals surface area contributed by atoms with E-state index >= 15 is 0 Å². The summed E-state index contributed by atoms with van der Waals surface area (Å²) >= 11 is 12.0. The lowest BCUT2D eigenvalue weighted by atomic mass is 10.1. The molecule has 0 atom stereocenters. The van der Waals surface area contributed by atoms with E-state index in [4.69, 9.17) is 33.7 Å². The van der Waals surface area contributed by atoms with Crippen LogP contribution in [0, 0.1) is 0 Å². The summed E-state index contributed by atoms with van der Waals surface area (Å²) in [6, 6.07) is 5.61. The van der Waals surface area contributed by atoms with Crippen molar-refractivity contribution in [2.45, 2.75) is 13.3 Å². The van der Waals surface area contributed by atoms with Crippen LogP contribution >= 0.6 is 23.2 Å². The first-order chi connectivity index (χ1) is 10.1. The van der Waals surface area contributed by atoms with Crippen molar-refractivity contribution in [3.05, 3.63) is 33.8 Å². The second-order valence-corrected chi connectivity index (χ2v) is 4.99. The van der Waals surface area contributed by atoms with Crippen molar-refractivity contribution in [3.8, 4) is 6.01 Å². The van der Waals surface area contributed by atoms with E-state index in [9.17, 15) is 0 Å². The summed E-state index contributed by atoms with van der Waals surface area (Å²) in [6.07, 6.45) is 0.700. The van der Waals surface area contributed by atoms with Gasteiger partial charge in [-0.2, -0.15) is 15.0 Å². The summed E-state index contributed by atoms with van der Waals surface area (Å²) in [7, 11) is 0. The lowest BCUT2D eigenvalue weighted by molar-refractivity contribution is 0.312. The number of nitrogen functional groups attached to an aromatic ring is 1. The average Bonchev–Trinajstić information content (AvgIpc) is 2.41. The Balaban J connectivity index is 1.96. The summed E-state index contributed by atoms with van der Waals surface area (Å²) in [4.78, 5) is 12.0. The zero-order chi connectivity index (χ0) is 15.2. The van der Waals surface area contributed by atoms with E-state index in [2.05, 4.69) is 20.3 Å². The van der Waals surface area contributed by atoms with Gasteiger partial charge in [0.1, 0.15) is 0 Å². The molecule has 2 rings (SSSR count). The normalized spacial score (nSPS) is 10.4. The number of hydrogen-bond acceptors (Lipinski definition) is 6. The molecule has 3 N–H and O–H groups in total. The topological polar surface area (TPSA) is 86.0 Å². The fourth-order valence-corrected chi connectivity index (χ4v) is 2.18. The average molecular weight is 328 g/mol. The van der Waals surface area contributed by atoms with Crippen LogP contribution < -0.4 is 15.8 Å². The van der Waals surface area contributed by atoms with Gasteiger partial charge in [-0.3, -0.25) is 0 Å². The van der Waals surface area contributed by atoms with Crippen LogP contribution in [0.3, 0.4) is 0 Å². The van der Waals surface area contributed by atoms with Crippen LogP contribution in [0.1, 0.15) is 12.5 Å². The van der Waals surface area contributed by atoms with Gasteiger partial charge in [0.2, 0.25) is 11.9 Å². The van der Waals surface area contributed by atoms with Crippen molar-refractivity contribution in [1.29, 1.82) is 0 Å². The van der Waals surface area contributed by atoms with Crippen LogP contribution in [-0.2, 0) is 6.42 Å². The molecule has 0 saturated heterocycles. The number of halogens is 2. The maximum Gasteiger partial charge on any atom is 0.323 e. The highest BCUT2D eigenvalue weighted by Gasteiger charge is 2.06. The lowest BCUT2D eigenvalue weighted by Crippen LogP contribution is -2.11. The molecular weight excluding hydrogens is 313 g/mol. The molecule has 0 radical (unpaired) electrons. The van der Waals surface area contributed by atoms with E-state index in [-0.39, 0.29) is 12.0 Å². The first kappa shape index (κ1) is 15.6. The Morgan fingerprint density at radius 3 is 2.76 bits per heavy atom.